The maximum absolute atomic E-state index is 12.9. The maximum atomic E-state index is 12.9. The molecule has 3 heterocycles. The lowest BCUT2D eigenvalue weighted by Crippen LogP contribution is -2.16. The fourth-order valence-electron chi connectivity index (χ4n) is 3.47. The summed E-state index contributed by atoms with van der Waals surface area (Å²) in [6, 6.07) is 11.7. The third kappa shape index (κ3) is 3.99. The van der Waals surface area contributed by atoms with E-state index in [1.165, 1.54) is 4.40 Å². The van der Waals surface area contributed by atoms with Crippen molar-refractivity contribution in [1.82, 2.24) is 14.0 Å². The van der Waals surface area contributed by atoms with Crippen LogP contribution in [0.2, 0.25) is 0 Å². The number of ether oxygens (including phenoxy) is 1. The van der Waals surface area contributed by atoms with Crippen LogP contribution in [0.4, 0.5) is 5.69 Å². The Morgan fingerprint density at radius 3 is 2.59 bits per heavy atom. The summed E-state index contributed by atoms with van der Waals surface area (Å²) >= 11 is 0. The van der Waals surface area contributed by atoms with E-state index in [9.17, 15) is 14.4 Å². The average molecular weight is 432 g/mol. The third-order valence-corrected chi connectivity index (χ3v) is 5.29. The zero-order valence-electron chi connectivity index (χ0n) is 18.2. The van der Waals surface area contributed by atoms with Crippen molar-refractivity contribution in [2.24, 2.45) is 7.05 Å². The summed E-state index contributed by atoms with van der Waals surface area (Å²) in [7, 11) is 1.70. The Morgan fingerprint density at radius 1 is 1.12 bits per heavy atom. The summed E-state index contributed by atoms with van der Waals surface area (Å²) in [6.07, 6.45) is 3.49. The van der Waals surface area contributed by atoms with Crippen LogP contribution in [0.3, 0.4) is 0 Å². The van der Waals surface area contributed by atoms with Crippen molar-refractivity contribution in [3.8, 4) is 0 Å². The Bertz CT molecular complexity index is 1380. The molecule has 0 bridgehead atoms. The second-order valence-electron chi connectivity index (χ2n) is 7.70. The summed E-state index contributed by atoms with van der Waals surface area (Å²) in [5.41, 5.74) is 2.91. The predicted molar refractivity (Wildman–Crippen MR) is 122 cm³/mol. The largest absolute Gasteiger partial charge is 0.462 e. The highest BCUT2D eigenvalue weighted by molar-refractivity contribution is 6.06. The number of benzene rings is 1. The van der Waals surface area contributed by atoms with E-state index in [1.807, 2.05) is 19.9 Å². The molecule has 0 atom stereocenters. The number of rotatable bonds is 6. The molecule has 1 N–H and O–H groups in total. The molecule has 1 aromatic carbocycles. The number of hydrogen-bond donors (Lipinski definition) is 1. The first-order chi connectivity index (χ1) is 15.4. The van der Waals surface area contributed by atoms with Gasteiger partial charge in [0.2, 0.25) is 0 Å². The minimum Gasteiger partial charge on any atom is -0.462 e. The molecule has 3 aromatic heterocycles. The molecule has 0 saturated carbocycles. The first-order valence-corrected chi connectivity index (χ1v) is 10.5. The SMILES string of the molecule is CCCCOC(=O)c1ccc(NC(=O)c2cc3c(=O)n4cc(C)ccc4nc3n2C)cc1. The average Bonchev–Trinajstić information content (AvgIpc) is 3.12. The molecule has 0 fully saturated rings. The maximum Gasteiger partial charge on any atom is 0.338 e. The van der Waals surface area contributed by atoms with Gasteiger partial charge in [0.05, 0.1) is 17.6 Å². The van der Waals surface area contributed by atoms with Crippen molar-refractivity contribution in [3.05, 3.63) is 75.8 Å². The highest BCUT2D eigenvalue weighted by Crippen LogP contribution is 2.18. The lowest BCUT2D eigenvalue weighted by atomic mass is 10.2. The van der Waals surface area contributed by atoms with Crippen LogP contribution in [0.25, 0.3) is 16.7 Å². The Hall–Kier alpha value is -3.94. The van der Waals surface area contributed by atoms with Crippen LogP contribution >= 0.6 is 0 Å². The van der Waals surface area contributed by atoms with E-state index < -0.39 is 0 Å². The van der Waals surface area contributed by atoms with Gasteiger partial charge in [0.25, 0.3) is 11.5 Å². The van der Waals surface area contributed by atoms with Crippen molar-refractivity contribution >= 4 is 34.2 Å². The molecule has 0 aliphatic carbocycles. The van der Waals surface area contributed by atoms with Crippen LogP contribution in [-0.4, -0.2) is 32.4 Å². The van der Waals surface area contributed by atoms with Gasteiger partial charge in [-0.3, -0.25) is 14.0 Å². The Morgan fingerprint density at radius 2 is 1.88 bits per heavy atom. The first-order valence-electron chi connectivity index (χ1n) is 10.5. The number of nitrogens with zero attached hydrogens (tertiary/aromatic N) is 3. The van der Waals surface area contributed by atoms with E-state index in [2.05, 4.69) is 10.3 Å². The molecular weight excluding hydrogens is 408 g/mol. The van der Waals surface area contributed by atoms with Gasteiger partial charge < -0.3 is 14.6 Å². The Kier molecular flexibility index (Phi) is 5.77. The lowest BCUT2D eigenvalue weighted by molar-refractivity contribution is 0.0499. The summed E-state index contributed by atoms with van der Waals surface area (Å²) in [5, 5.41) is 3.17. The molecule has 8 nitrogen and oxygen atoms in total. The van der Waals surface area contributed by atoms with Crippen LogP contribution in [0.15, 0.2) is 53.5 Å². The fraction of sp³-hybridized carbons (Fsp3) is 0.250. The predicted octanol–water partition coefficient (Wildman–Crippen LogP) is 3.70. The van der Waals surface area contributed by atoms with Crippen molar-refractivity contribution in [2.75, 3.05) is 11.9 Å². The number of esters is 1. The highest BCUT2D eigenvalue weighted by Gasteiger charge is 2.18. The second kappa shape index (κ2) is 8.66. The molecule has 8 heteroatoms. The van der Waals surface area contributed by atoms with Gasteiger partial charge in [-0.25, -0.2) is 9.78 Å². The highest BCUT2D eigenvalue weighted by atomic mass is 16.5. The van der Waals surface area contributed by atoms with Crippen LogP contribution in [0.1, 0.15) is 46.2 Å². The van der Waals surface area contributed by atoms with Gasteiger partial charge in [0.15, 0.2) is 0 Å². The summed E-state index contributed by atoms with van der Waals surface area (Å²) in [5.74, 6) is -0.771. The van der Waals surface area contributed by atoms with E-state index in [4.69, 9.17) is 4.74 Å². The molecule has 32 heavy (non-hydrogen) atoms. The van der Waals surface area contributed by atoms with Gasteiger partial charge in [-0.1, -0.05) is 19.4 Å². The number of hydrogen-bond acceptors (Lipinski definition) is 5. The standard InChI is InChI=1S/C24H24N4O4/c1-4-5-12-32-24(31)16-7-9-17(10-8-16)25-22(29)19-13-18-21(27(19)3)26-20-11-6-15(2)14-28(20)23(18)30/h6-11,13-14H,4-5,12H2,1-3H3,(H,25,29). The molecule has 4 aromatic rings. The molecule has 1 amide bonds. The summed E-state index contributed by atoms with van der Waals surface area (Å²) < 4.78 is 8.28. The molecule has 4 rings (SSSR count). The van der Waals surface area contributed by atoms with Gasteiger partial charge in [0.1, 0.15) is 17.0 Å². The van der Waals surface area contributed by atoms with Gasteiger partial charge in [-0.05, 0) is 55.3 Å². The number of aromatic nitrogens is 3. The molecule has 0 spiro atoms. The topological polar surface area (TPSA) is 94.7 Å². The number of carbonyl (C=O) groups is 2. The van der Waals surface area contributed by atoms with E-state index in [0.29, 0.717) is 40.2 Å². The molecule has 0 radical (unpaired) electrons. The minimum atomic E-state index is -0.390. The van der Waals surface area contributed by atoms with Gasteiger partial charge >= 0.3 is 5.97 Å². The van der Waals surface area contributed by atoms with Crippen molar-refractivity contribution in [1.29, 1.82) is 0 Å². The van der Waals surface area contributed by atoms with Crippen LogP contribution in [-0.2, 0) is 11.8 Å². The Labute approximate surface area is 184 Å². The number of amides is 1. The lowest BCUT2D eigenvalue weighted by Gasteiger charge is -2.08. The van der Waals surface area contributed by atoms with E-state index in [0.717, 1.165) is 18.4 Å². The normalized spacial score (nSPS) is 11.1. The smallest absolute Gasteiger partial charge is 0.338 e. The van der Waals surface area contributed by atoms with Gasteiger partial charge in [-0.2, -0.15) is 0 Å². The number of aryl methyl sites for hydroxylation is 2. The number of unbranched alkanes of at least 4 members (excludes halogenated alkanes) is 1. The van der Waals surface area contributed by atoms with Gasteiger partial charge in [0, 0.05) is 18.9 Å². The summed E-state index contributed by atoms with van der Waals surface area (Å²) in [6.45, 7) is 4.31. The third-order valence-electron chi connectivity index (χ3n) is 5.29. The summed E-state index contributed by atoms with van der Waals surface area (Å²) in [4.78, 5) is 42.4. The molecule has 0 saturated heterocycles. The molecule has 0 aliphatic rings. The number of pyridine rings is 1. The number of anilines is 1. The zero-order chi connectivity index (χ0) is 22.8. The molecule has 0 aliphatic heterocycles. The quantitative estimate of drug-likeness (QED) is 0.370. The second-order valence-corrected chi connectivity index (χ2v) is 7.70. The molecular formula is C24H24N4O4. The van der Waals surface area contributed by atoms with E-state index in [1.54, 1.807) is 54.2 Å². The monoisotopic (exact) mass is 432 g/mol. The van der Waals surface area contributed by atoms with Crippen molar-refractivity contribution < 1.29 is 14.3 Å². The van der Waals surface area contributed by atoms with Crippen molar-refractivity contribution in [2.45, 2.75) is 26.7 Å². The number of nitrogens with one attached hydrogen (secondary N) is 1. The van der Waals surface area contributed by atoms with Crippen LogP contribution in [0, 0.1) is 6.92 Å². The first kappa shape index (κ1) is 21.3. The van der Waals surface area contributed by atoms with E-state index in [-0.39, 0.29) is 17.4 Å². The molecule has 0 unspecified atom stereocenters. The fourth-order valence-corrected chi connectivity index (χ4v) is 3.47. The number of fused-ring (bicyclic) bond motifs is 2. The van der Waals surface area contributed by atoms with Crippen LogP contribution in [0.5, 0.6) is 0 Å². The van der Waals surface area contributed by atoms with Crippen LogP contribution < -0.4 is 10.9 Å². The van der Waals surface area contributed by atoms with E-state index >= 15 is 0 Å². The zero-order valence-corrected chi connectivity index (χ0v) is 18.2. The minimum absolute atomic E-state index is 0.228. The molecule has 164 valence electrons. The Balaban J connectivity index is 1.58. The van der Waals surface area contributed by atoms with Gasteiger partial charge in [-0.15, -0.1) is 0 Å². The number of carbonyl (C=O) groups excluding carboxylic acids is 2. The van der Waals surface area contributed by atoms with Crippen molar-refractivity contribution in [3.63, 3.8) is 0 Å².